The molecule has 0 unspecified atom stereocenters. The van der Waals surface area contributed by atoms with Crippen molar-refractivity contribution >= 4 is 22.0 Å². The summed E-state index contributed by atoms with van der Waals surface area (Å²) in [5.41, 5.74) is 0.112. The van der Waals surface area contributed by atoms with Crippen LogP contribution in [0.1, 0.15) is 17.9 Å². The normalized spacial score (nSPS) is 18.9. The number of hydrogen-bond donors (Lipinski definition) is 1. The van der Waals surface area contributed by atoms with Crippen molar-refractivity contribution in [3.63, 3.8) is 0 Å². The molecular formula is C11H17N3O3S. The Balaban J connectivity index is 2.28. The summed E-state index contributed by atoms with van der Waals surface area (Å²) in [5, 5.41) is 21.3. The van der Waals surface area contributed by atoms with Gasteiger partial charge in [0.25, 0.3) is 0 Å². The van der Waals surface area contributed by atoms with Gasteiger partial charge in [0.2, 0.25) is 0 Å². The van der Waals surface area contributed by atoms with E-state index in [4.69, 9.17) is 0 Å². The first kappa shape index (κ1) is 13.3. The number of aliphatic hydroxyl groups excluding tert-OH is 1. The summed E-state index contributed by atoms with van der Waals surface area (Å²) in [6.45, 7) is 5.01. The molecule has 1 aliphatic heterocycles. The smallest absolute Gasteiger partial charge is 0.304 e. The van der Waals surface area contributed by atoms with Crippen molar-refractivity contribution in [2.24, 2.45) is 0 Å². The predicted octanol–water partition coefficient (Wildman–Crippen LogP) is 1.46. The van der Waals surface area contributed by atoms with E-state index in [0.717, 1.165) is 26.2 Å². The molecule has 0 spiro atoms. The molecule has 1 fully saturated rings. The van der Waals surface area contributed by atoms with Crippen LogP contribution in [0.3, 0.4) is 0 Å². The molecule has 0 saturated carbocycles. The maximum Gasteiger partial charge on any atom is 0.304 e. The number of aliphatic hydroxyl groups is 1. The lowest BCUT2D eigenvalue weighted by Gasteiger charge is -2.32. The van der Waals surface area contributed by atoms with Crippen molar-refractivity contribution in [3.8, 4) is 0 Å². The first-order chi connectivity index (χ1) is 8.49. The second-order valence-corrected chi connectivity index (χ2v) is 5.62. The molecule has 0 amide bonds. The Labute approximate surface area is 110 Å². The molecule has 2 heterocycles. The molecule has 0 bridgehead atoms. The van der Waals surface area contributed by atoms with Crippen molar-refractivity contribution in [2.45, 2.75) is 13.0 Å². The van der Waals surface area contributed by atoms with Gasteiger partial charge in [-0.25, -0.2) is 0 Å². The number of nitro groups is 1. The highest BCUT2D eigenvalue weighted by Gasteiger charge is 2.27. The Morgan fingerprint density at radius 3 is 2.56 bits per heavy atom. The largest absolute Gasteiger partial charge is 0.388 e. The Kier molecular flexibility index (Phi) is 3.84. The summed E-state index contributed by atoms with van der Waals surface area (Å²) in [5.74, 6) is 0. The number of likely N-dealkylation sites (N-methyl/N-ethyl adjacent to an activating group) is 1. The fourth-order valence-electron chi connectivity index (χ4n) is 1.96. The standard InChI is InChI=1S/C11H17N3O3S/c1-8(15)10-7-9(14(16)17)11(18-10)13-5-3-12(2)4-6-13/h7-8,15H,3-6H2,1-2H3/t8-/m0/s1. The second-order valence-electron chi connectivity index (χ2n) is 4.56. The molecule has 2 rings (SSSR count). The molecule has 1 aromatic heterocycles. The van der Waals surface area contributed by atoms with Gasteiger partial charge in [0.1, 0.15) is 0 Å². The maximum absolute atomic E-state index is 11.1. The summed E-state index contributed by atoms with van der Waals surface area (Å²) in [6, 6.07) is 1.49. The average Bonchev–Trinajstić information content (AvgIpc) is 2.75. The van der Waals surface area contributed by atoms with E-state index in [1.54, 1.807) is 6.92 Å². The number of anilines is 1. The molecule has 100 valence electrons. The van der Waals surface area contributed by atoms with Crippen LogP contribution in [0, 0.1) is 10.1 Å². The summed E-state index contributed by atoms with van der Waals surface area (Å²) in [4.78, 5) is 15.6. The number of hydrogen-bond acceptors (Lipinski definition) is 6. The first-order valence-corrected chi connectivity index (χ1v) is 6.70. The van der Waals surface area contributed by atoms with Gasteiger partial charge in [-0.3, -0.25) is 10.1 Å². The van der Waals surface area contributed by atoms with E-state index in [0.29, 0.717) is 9.88 Å². The van der Waals surface area contributed by atoms with E-state index in [9.17, 15) is 15.2 Å². The molecule has 1 N–H and O–H groups in total. The molecule has 0 radical (unpaired) electrons. The van der Waals surface area contributed by atoms with E-state index >= 15 is 0 Å². The molecule has 1 atom stereocenters. The van der Waals surface area contributed by atoms with Gasteiger partial charge < -0.3 is 14.9 Å². The summed E-state index contributed by atoms with van der Waals surface area (Å²) in [7, 11) is 2.04. The van der Waals surface area contributed by atoms with Crippen molar-refractivity contribution < 1.29 is 10.0 Å². The zero-order chi connectivity index (χ0) is 13.3. The van der Waals surface area contributed by atoms with Crippen LogP contribution in [-0.2, 0) is 0 Å². The molecule has 1 aromatic rings. The van der Waals surface area contributed by atoms with Gasteiger partial charge in [0.15, 0.2) is 5.00 Å². The van der Waals surface area contributed by atoms with Gasteiger partial charge >= 0.3 is 5.69 Å². The van der Waals surface area contributed by atoms with Crippen LogP contribution in [-0.4, -0.2) is 48.2 Å². The minimum atomic E-state index is -0.657. The third-order valence-electron chi connectivity index (χ3n) is 3.11. The third-order valence-corrected chi connectivity index (χ3v) is 4.47. The molecule has 1 aliphatic rings. The van der Waals surface area contributed by atoms with Crippen LogP contribution in [0.4, 0.5) is 10.7 Å². The average molecular weight is 271 g/mol. The summed E-state index contributed by atoms with van der Waals surface area (Å²) in [6.07, 6.45) is -0.657. The van der Waals surface area contributed by atoms with Gasteiger partial charge in [0.05, 0.1) is 11.0 Å². The highest BCUT2D eigenvalue weighted by molar-refractivity contribution is 7.16. The lowest BCUT2D eigenvalue weighted by atomic mass is 10.3. The van der Waals surface area contributed by atoms with Gasteiger partial charge in [-0.15, -0.1) is 11.3 Å². The Morgan fingerprint density at radius 2 is 2.06 bits per heavy atom. The molecular weight excluding hydrogens is 254 g/mol. The highest BCUT2D eigenvalue weighted by Crippen LogP contribution is 2.40. The van der Waals surface area contributed by atoms with Gasteiger partial charge in [0, 0.05) is 37.1 Å². The predicted molar refractivity (Wildman–Crippen MR) is 71.3 cm³/mol. The van der Waals surface area contributed by atoms with Crippen LogP contribution < -0.4 is 4.90 Å². The highest BCUT2D eigenvalue weighted by atomic mass is 32.1. The zero-order valence-electron chi connectivity index (χ0n) is 10.5. The molecule has 0 aromatic carbocycles. The Bertz CT molecular complexity index is 439. The Morgan fingerprint density at radius 1 is 1.44 bits per heavy atom. The fourth-order valence-corrected chi connectivity index (χ4v) is 3.08. The molecule has 1 saturated heterocycles. The summed E-state index contributed by atoms with van der Waals surface area (Å²) < 4.78 is 0. The molecule has 7 heteroatoms. The zero-order valence-corrected chi connectivity index (χ0v) is 11.3. The van der Waals surface area contributed by atoms with Crippen LogP contribution in [0.15, 0.2) is 6.07 Å². The second kappa shape index (κ2) is 5.21. The van der Waals surface area contributed by atoms with Crippen LogP contribution in [0.2, 0.25) is 0 Å². The number of rotatable bonds is 3. The number of nitrogens with zero attached hydrogens (tertiary/aromatic N) is 3. The fraction of sp³-hybridized carbons (Fsp3) is 0.636. The summed E-state index contributed by atoms with van der Waals surface area (Å²) >= 11 is 1.32. The van der Waals surface area contributed by atoms with Gasteiger partial charge in [-0.1, -0.05) is 0 Å². The third kappa shape index (κ3) is 2.63. The van der Waals surface area contributed by atoms with E-state index in [1.807, 2.05) is 11.9 Å². The molecule has 0 aliphatic carbocycles. The van der Waals surface area contributed by atoms with E-state index in [-0.39, 0.29) is 10.6 Å². The van der Waals surface area contributed by atoms with Crippen molar-refractivity contribution in [3.05, 3.63) is 21.1 Å². The van der Waals surface area contributed by atoms with Crippen LogP contribution in [0.5, 0.6) is 0 Å². The van der Waals surface area contributed by atoms with Gasteiger partial charge in [-0.05, 0) is 14.0 Å². The SMILES string of the molecule is C[C@H](O)c1cc([N+](=O)[O-])c(N2CCN(C)CC2)s1. The minimum Gasteiger partial charge on any atom is -0.388 e. The lowest BCUT2D eigenvalue weighted by molar-refractivity contribution is -0.383. The molecule has 18 heavy (non-hydrogen) atoms. The number of thiophene rings is 1. The first-order valence-electron chi connectivity index (χ1n) is 5.88. The van der Waals surface area contributed by atoms with Crippen LogP contribution in [0.25, 0.3) is 0 Å². The minimum absolute atomic E-state index is 0.112. The molecule has 6 nitrogen and oxygen atoms in total. The lowest BCUT2D eigenvalue weighted by Crippen LogP contribution is -2.44. The van der Waals surface area contributed by atoms with Crippen LogP contribution >= 0.6 is 11.3 Å². The van der Waals surface area contributed by atoms with E-state index in [2.05, 4.69) is 4.90 Å². The van der Waals surface area contributed by atoms with Crippen molar-refractivity contribution in [1.29, 1.82) is 0 Å². The van der Waals surface area contributed by atoms with Crippen molar-refractivity contribution in [2.75, 3.05) is 38.1 Å². The van der Waals surface area contributed by atoms with E-state index < -0.39 is 6.10 Å². The van der Waals surface area contributed by atoms with E-state index in [1.165, 1.54) is 17.4 Å². The monoisotopic (exact) mass is 271 g/mol. The quantitative estimate of drug-likeness (QED) is 0.666. The topological polar surface area (TPSA) is 69.8 Å². The van der Waals surface area contributed by atoms with Gasteiger partial charge in [-0.2, -0.15) is 0 Å². The Hall–Kier alpha value is -1.18. The van der Waals surface area contributed by atoms with Crippen molar-refractivity contribution in [1.82, 2.24) is 4.90 Å². The number of piperazine rings is 1. The maximum atomic E-state index is 11.1.